The van der Waals surface area contributed by atoms with Gasteiger partial charge in [0.15, 0.2) is 6.10 Å². The Kier molecular flexibility index (Phi) is 7.94. The van der Waals surface area contributed by atoms with Gasteiger partial charge in [-0.1, -0.05) is 60.7 Å². The third-order valence-corrected chi connectivity index (χ3v) is 7.41. The SMILES string of the molecule is CC(C)(C)OC(=O)NC1C(=O)N2C(C(=O)OC(c3ccccc3)c3ccccc3)=C(C(Cl)C=O)CSC12. The van der Waals surface area contributed by atoms with Gasteiger partial charge < -0.3 is 19.6 Å². The fourth-order valence-corrected chi connectivity index (χ4v) is 5.78. The van der Waals surface area contributed by atoms with Crippen LogP contribution in [0.4, 0.5) is 4.79 Å². The van der Waals surface area contributed by atoms with E-state index in [-0.39, 0.29) is 17.0 Å². The Morgan fingerprint density at radius 1 is 1.08 bits per heavy atom. The Bertz CT molecular complexity index is 1170. The number of esters is 1. The summed E-state index contributed by atoms with van der Waals surface area (Å²) < 4.78 is 11.3. The number of nitrogens with one attached hydrogen (secondary N) is 1. The van der Waals surface area contributed by atoms with Crippen LogP contribution in [0, 0.1) is 0 Å². The number of fused-ring (bicyclic) bond motifs is 1. The fourth-order valence-electron chi connectivity index (χ4n) is 4.11. The zero-order valence-corrected chi connectivity index (χ0v) is 22.1. The number of alkyl halides is 1. The van der Waals surface area contributed by atoms with Crippen LogP contribution < -0.4 is 5.32 Å². The summed E-state index contributed by atoms with van der Waals surface area (Å²) in [5.41, 5.74) is 0.955. The Labute approximate surface area is 224 Å². The number of β-lactam (4-membered cyclic amide) rings is 1. The van der Waals surface area contributed by atoms with Crippen molar-refractivity contribution in [3.63, 3.8) is 0 Å². The number of alkyl carbamates (subject to hydrolysis) is 1. The average Bonchev–Trinajstić information content (AvgIpc) is 2.88. The molecule has 2 amide bonds. The molecule has 0 aromatic heterocycles. The molecule has 2 heterocycles. The lowest BCUT2D eigenvalue weighted by molar-refractivity contribution is -0.153. The fraction of sp³-hybridized carbons (Fsp3) is 0.333. The summed E-state index contributed by atoms with van der Waals surface area (Å²) in [6.45, 7) is 5.15. The third-order valence-electron chi connectivity index (χ3n) is 5.75. The van der Waals surface area contributed by atoms with Crippen molar-refractivity contribution in [3.8, 4) is 0 Å². The van der Waals surface area contributed by atoms with Crippen LogP contribution in [0.15, 0.2) is 71.9 Å². The van der Waals surface area contributed by atoms with Gasteiger partial charge in [0.05, 0.1) is 0 Å². The number of amides is 2. The minimum absolute atomic E-state index is 0.0695. The number of aldehydes is 1. The lowest BCUT2D eigenvalue weighted by atomic mass is 10.00. The molecule has 2 aromatic carbocycles. The highest BCUT2D eigenvalue weighted by Gasteiger charge is 2.55. The molecule has 0 bridgehead atoms. The molecule has 4 rings (SSSR count). The van der Waals surface area contributed by atoms with Crippen LogP contribution in [-0.2, 0) is 23.9 Å². The van der Waals surface area contributed by atoms with Crippen molar-refractivity contribution in [2.24, 2.45) is 0 Å². The van der Waals surface area contributed by atoms with Gasteiger partial charge >= 0.3 is 12.1 Å². The van der Waals surface area contributed by atoms with Crippen LogP contribution in [0.3, 0.4) is 0 Å². The molecule has 1 N–H and O–H groups in total. The molecule has 0 aliphatic carbocycles. The van der Waals surface area contributed by atoms with Crippen LogP contribution in [-0.4, -0.2) is 57.3 Å². The summed E-state index contributed by atoms with van der Waals surface area (Å²) in [6, 6.07) is 17.5. The van der Waals surface area contributed by atoms with Crippen molar-refractivity contribution < 1.29 is 28.7 Å². The molecule has 194 valence electrons. The lowest BCUT2D eigenvalue weighted by Gasteiger charge is -2.50. The van der Waals surface area contributed by atoms with Gasteiger partial charge in [-0.2, -0.15) is 0 Å². The Hall–Kier alpha value is -3.30. The molecule has 2 aromatic rings. The zero-order valence-electron chi connectivity index (χ0n) is 20.6. The first-order valence-corrected chi connectivity index (χ1v) is 13.2. The summed E-state index contributed by atoms with van der Waals surface area (Å²) in [5.74, 6) is -1.09. The van der Waals surface area contributed by atoms with Crippen molar-refractivity contribution >= 4 is 47.6 Å². The molecule has 10 heteroatoms. The van der Waals surface area contributed by atoms with Crippen molar-refractivity contribution in [3.05, 3.63) is 83.1 Å². The number of thioether (sulfide) groups is 1. The van der Waals surface area contributed by atoms with E-state index in [2.05, 4.69) is 5.32 Å². The number of carbonyl (C=O) groups excluding carboxylic acids is 4. The molecule has 3 unspecified atom stereocenters. The number of rotatable bonds is 7. The number of hydrogen-bond donors (Lipinski definition) is 1. The zero-order chi connectivity index (χ0) is 26.7. The maximum atomic E-state index is 13.7. The Morgan fingerprint density at radius 2 is 1.65 bits per heavy atom. The maximum absolute atomic E-state index is 13.7. The number of ether oxygens (including phenoxy) is 2. The number of nitrogens with zero attached hydrogens (tertiary/aromatic N) is 1. The van der Waals surface area contributed by atoms with Crippen molar-refractivity contribution in [2.75, 3.05) is 5.75 Å². The quantitative estimate of drug-likeness (QED) is 0.242. The summed E-state index contributed by atoms with van der Waals surface area (Å²) in [4.78, 5) is 51.9. The molecule has 8 nitrogen and oxygen atoms in total. The Morgan fingerprint density at radius 3 is 2.16 bits per heavy atom. The second-order valence-corrected chi connectivity index (χ2v) is 11.1. The van der Waals surface area contributed by atoms with E-state index in [0.29, 0.717) is 6.29 Å². The molecule has 37 heavy (non-hydrogen) atoms. The van der Waals surface area contributed by atoms with E-state index in [9.17, 15) is 19.2 Å². The second kappa shape index (κ2) is 11.0. The minimum Gasteiger partial charge on any atom is -0.448 e. The van der Waals surface area contributed by atoms with Gasteiger partial charge in [-0.05, 0) is 37.5 Å². The van der Waals surface area contributed by atoms with Crippen LogP contribution >= 0.6 is 23.4 Å². The predicted octanol–water partition coefficient (Wildman–Crippen LogP) is 4.19. The van der Waals surface area contributed by atoms with E-state index in [1.807, 2.05) is 60.7 Å². The first kappa shape index (κ1) is 26.8. The standard InChI is InChI=1S/C27H27ClN2O6S/c1-27(2,3)36-26(34)29-20-23(32)30-21(18(19(28)14-31)15-37-24(20)30)25(33)35-22(16-10-6-4-7-11-16)17-12-8-5-9-13-17/h4-14,19-20,22,24H,15H2,1-3H3,(H,29,34). The van der Waals surface area contributed by atoms with Crippen LogP contribution in [0.25, 0.3) is 0 Å². The second-order valence-electron chi connectivity index (χ2n) is 9.55. The van der Waals surface area contributed by atoms with Crippen LogP contribution in [0.5, 0.6) is 0 Å². The smallest absolute Gasteiger partial charge is 0.408 e. The van der Waals surface area contributed by atoms with E-state index < -0.39 is 46.5 Å². The largest absolute Gasteiger partial charge is 0.448 e. The average molecular weight is 543 g/mol. The maximum Gasteiger partial charge on any atom is 0.408 e. The van der Waals surface area contributed by atoms with E-state index in [0.717, 1.165) is 11.1 Å². The lowest BCUT2D eigenvalue weighted by Crippen LogP contribution is -2.71. The predicted molar refractivity (Wildman–Crippen MR) is 140 cm³/mol. The molecule has 0 radical (unpaired) electrons. The first-order chi connectivity index (χ1) is 17.6. The molecule has 3 atom stereocenters. The minimum atomic E-state index is -1.12. The summed E-state index contributed by atoms with van der Waals surface area (Å²) in [6.07, 6.45) is -0.979. The molecule has 0 saturated carbocycles. The van der Waals surface area contributed by atoms with E-state index in [4.69, 9.17) is 21.1 Å². The van der Waals surface area contributed by atoms with Crippen LogP contribution in [0.2, 0.25) is 0 Å². The Balaban J connectivity index is 1.63. The number of benzene rings is 2. The monoisotopic (exact) mass is 542 g/mol. The highest BCUT2D eigenvalue weighted by molar-refractivity contribution is 8.00. The molecular formula is C27H27ClN2O6S. The normalized spacial score (nSPS) is 20.0. The van der Waals surface area contributed by atoms with E-state index in [1.165, 1.54) is 16.7 Å². The first-order valence-electron chi connectivity index (χ1n) is 11.7. The van der Waals surface area contributed by atoms with Gasteiger partial charge in [-0.25, -0.2) is 9.59 Å². The van der Waals surface area contributed by atoms with Gasteiger partial charge in [0.1, 0.15) is 34.4 Å². The van der Waals surface area contributed by atoms with Gasteiger partial charge in [0.25, 0.3) is 5.91 Å². The van der Waals surface area contributed by atoms with E-state index >= 15 is 0 Å². The van der Waals surface area contributed by atoms with Gasteiger partial charge in [0, 0.05) is 5.75 Å². The van der Waals surface area contributed by atoms with E-state index in [1.54, 1.807) is 20.8 Å². The van der Waals surface area contributed by atoms with Crippen molar-refractivity contribution in [2.45, 2.75) is 49.3 Å². The van der Waals surface area contributed by atoms with Gasteiger partial charge in [-0.3, -0.25) is 9.69 Å². The summed E-state index contributed by atoms with van der Waals surface area (Å²) in [7, 11) is 0. The molecular weight excluding hydrogens is 516 g/mol. The number of carbonyl (C=O) groups is 4. The molecule has 1 saturated heterocycles. The van der Waals surface area contributed by atoms with Crippen molar-refractivity contribution in [1.82, 2.24) is 10.2 Å². The molecule has 2 aliphatic heterocycles. The summed E-state index contributed by atoms with van der Waals surface area (Å²) in [5, 5.41) is 0.889. The molecule has 2 aliphatic rings. The van der Waals surface area contributed by atoms with Gasteiger partial charge in [-0.15, -0.1) is 23.4 Å². The molecule has 1 fully saturated rings. The van der Waals surface area contributed by atoms with Crippen LogP contribution in [0.1, 0.15) is 38.0 Å². The highest BCUT2D eigenvalue weighted by Crippen LogP contribution is 2.43. The van der Waals surface area contributed by atoms with Gasteiger partial charge in [0.2, 0.25) is 0 Å². The number of hydrogen-bond acceptors (Lipinski definition) is 7. The number of halogens is 1. The summed E-state index contributed by atoms with van der Waals surface area (Å²) >= 11 is 7.55. The topological polar surface area (TPSA) is 102 Å². The van der Waals surface area contributed by atoms with Crippen molar-refractivity contribution in [1.29, 1.82) is 0 Å². The molecule has 0 spiro atoms. The third kappa shape index (κ3) is 5.83. The highest BCUT2D eigenvalue weighted by atomic mass is 35.5.